The minimum absolute atomic E-state index is 0.164. The highest BCUT2D eigenvalue weighted by atomic mass is 16.5. The van der Waals surface area contributed by atoms with Gasteiger partial charge >= 0.3 is 0 Å². The molecular formula is C15H15N3O2. The summed E-state index contributed by atoms with van der Waals surface area (Å²) >= 11 is 0. The minimum atomic E-state index is -0.164. The quantitative estimate of drug-likeness (QED) is 0.855. The Morgan fingerprint density at radius 1 is 1.25 bits per heavy atom. The highest BCUT2D eigenvalue weighted by molar-refractivity contribution is 5.97. The van der Waals surface area contributed by atoms with E-state index in [1.54, 1.807) is 23.2 Å². The van der Waals surface area contributed by atoms with Crippen molar-refractivity contribution in [3.8, 4) is 5.75 Å². The molecule has 5 nitrogen and oxygen atoms in total. The molecule has 0 aliphatic carbocycles. The largest absolute Gasteiger partial charge is 0.491 e. The van der Waals surface area contributed by atoms with Gasteiger partial charge in [-0.2, -0.15) is 0 Å². The molecule has 2 N–H and O–H groups in total. The summed E-state index contributed by atoms with van der Waals surface area (Å²) < 4.78 is 5.65. The molecule has 0 atom stereocenters. The van der Waals surface area contributed by atoms with E-state index in [0.29, 0.717) is 31.1 Å². The fourth-order valence-corrected chi connectivity index (χ4v) is 2.25. The molecule has 0 spiro atoms. The Morgan fingerprint density at radius 2 is 2.10 bits per heavy atom. The van der Waals surface area contributed by atoms with Crippen molar-refractivity contribution in [3.63, 3.8) is 0 Å². The second-order valence-corrected chi connectivity index (χ2v) is 4.62. The van der Waals surface area contributed by atoms with E-state index in [2.05, 4.69) is 4.98 Å². The SMILES string of the molecule is Nc1cccnc1C(=O)N1CCOc2ccccc2C1. The van der Waals surface area contributed by atoms with Crippen LogP contribution in [0.5, 0.6) is 5.75 Å². The number of hydrogen-bond donors (Lipinski definition) is 1. The number of anilines is 1. The van der Waals surface area contributed by atoms with Gasteiger partial charge in [0.2, 0.25) is 0 Å². The highest BCUT2D eigenvalue weighted by Crippen LogP contribution is 2.23. The van der Waals surface area contributed by atoms with Crippen molar-refractivity contribution in [1.29, 1.82) is 0 Å². The number of para-hydroxylation sites is 1. The predicted octanol–water partition coefficient (Wildman–Crippen LogP) is 1.70. The van der Waals surface area contributed by atoms with Gasteiger partial charge in [0, 0.05) is 18.3 Å². The number of pyridine rings is 1. The first-order chi connectivity index (χ1) is 9.75. The number of nitrogen functional groups attached to an aromatic ring is 1. The monoisotopic (exact) mass is 269 g/mol. The Morgan fingerprint density at radius 3 is 2.95 bits per heavy atom. The van der Waals surface area contributed by atoms with Crippen molar-refractivity contribution in [2.24, 2.45) is 0 Å². The molecule has 0 radical (unpaired) electrons. The molecule has 102 valence electrons. The van der Waals surface area contributed by atoms with E-state index in [0.717, 1.165) is 11.3 Å². The number of hydrogen-bond acceptors (Lipinski definition) is 4. The lowest BCUT2D eigenvalue weighted by Gasteiger charge is -2.19. The minimum Gasteiger partial charge on any atom is -0.491 e. The number of rotatable bonds is 1. The summed E-state index contributed by atoms with van der Waals surface area (Å²) in [7, 11) is 0. The number of amides is 1. The van der Waals surface area contributed by atoms with E-state index in [1.807, 2.05) is 24.3 Å². The third-order valence-electron chi connectivity index (χ3n) is 3.28. The van der Waals surface area contributed by atoms with Crippen LogP contribution in [0.3, 0.4) is 0 Å². The van der Waals surface area contributed by atoms with Crippen LogP contribution in [0.15, 0.2) is 42.6 Å². The zero-order valence-corrected chi connectivity index (χ0v) is 11.0. The Kier molecular flexibility index (Phi) is 3.25. The number of ether oxygens (including phenoxy) is 1. The third kappa shape index (κ3) is 2.30. The van der Waals surface area contributed by atoms with Crippen LogP contribution in [-0.4, -0.2) is 28.9 Å². The number of nitrogens with two attached hydrogens (primary N) is 1. The average Bonchev–Trinajstić information content (AvgIpc) is 2.69. The van der Waals surface area contributed by atoms with Gasteiger partial charge in [-0.15, -0.1) is 0 Å². The summed E-state index contributed by atoms with van der Waals surface area (Å²) in [5, 5.41) is 0. The van der Waals surface area contributed by atoms with E-state index in [9.17, 15) is 4.79 Å². The summed E-state index contributed by atoms with van der Waals surface area (Å²) in [6.45, 7) is 1.49. The number of aromatic nitrogens is 1. The van der Waals surface area contributed by atoms with Crippen LogP contribution >= 0.6 is 0 Å². The molecule has 0 unspecified atom stereocenters. The number of fused-ring (bicyclic) bond motifs is 1. The second-order valence-electron chi connectivity index (χ2n) is 4.62. The first kappa shape index (κ1) is 12.5. The number of benzene rings is 1. The summed E-state index contributed by atoms with van der Waals surface area (Å²) in [5.74, 6) is 0.667. The standard InChI is InChI=1S/C15H15N3O2/c16-12-5-3-7-17-14(12)15(19)18-8-9-20-13-6-2-1-4-11(13)10-18/h1-7H,8-10,16H2. The molecule has 1 aromatic heterocycles. The molecule has 1 aliphatic heterocycles. The van der Waals surface area contributed by atoms with Gasteiger partial charge in [-0.05, 0) is 18.2 Å². The van der Waals surface area contributed by atoms with Gasteiger partial charge in [-0.1, -0.05) is 18.2 Å². The normalized spacial score (nSPS) is 14.1. The maximum atomic E-state index is 12.5. The number of carbonyl (C=O) groups excluding carboxylic acids is 1. The third-order valence-corrected chi connectivity index (χ3v) is 3.28. The second kappa shape index (κ2) is 5.21. The Labute approximate surface area is 117 Å². The van der Waals surface area contributed by atoms with E-state index in [-0.39, 0.29) is 5.91 Å². The molecule has 0 saturated carbocycles. The fourth-order valence-electron chi connectivity index (χ4n) is 2.25. The van der Waals surface area contributed by atoms with Gasteiger partial charge in [-0.25, -0.2) is 4.98 Å². The summed E-state index contributed by atoms with van der Waals surface area (Å²) in [5.41, 5.74) is 7.51. The van der Waals surface area contributed by atoms with Gasteiger partial charge in [0.1, 0.15) is 12.4 Å². The van der Waals surface area contributed by atoms with Crippen molar-refractivity contribution < 1.29 is 9.53 Å². The summed E-state index contributed by atoms with van der Waals surface area (Å²) in [6, 6.07) is 11.1. The molecular weight excluding hydrogens is 254 g/mol. The molecule has 3 rings (SSSR count). The van der Waals surface area contributed by atoms with Gasteiger partial charge in [0.15, 0.2) is 5.69 Å². The van der Waals surface area contributed by atoms with Crippen LogP contribution in [0, 0.1) is 0 Å². The zero-order chi connectivity index (χ0) is 13.9. The molecule has 1 aliphatic rings. The van der Waals surface area contributed by atoms with Crippen molar-refractivity contribution in [2.75, 3.05) is 18.9 Å². The highest BCUT2D eigenvalue weighted by Gasteiger charge is 2.22. The van der Waals surface area contributed by atoms with E-state index in [1.165, 1.54) is 0 Å². The maximum Gasteiger partial charge on any atom is 0.275 e. The van der Waals surface area contributed by atoms with Crippen molar-refractivity contribution in [2.45, 2.75) is 6.54 Å². The Bertz CT molecular complexity index is 643. The molecule has 2 aromatic rings. The van der Waals surface area contributed by atoms with E-state index in [4.69, 9.17) is 10.5 Å². The van der Waals surface area contributed by atoms with Crippen LogP contribution < -0.4 is 10.5 Å². The lowest BCUT2D eigenvalue weighted by Crippen LogP contribution is -2.33. The molecule has 0 fully saturated rings. The van der Waals surface area contributed by atoms with Crippen LogP contribution in [0.1, 0.15) is 16.1 Å². The molecule has 5 heteroatoms. The number of carbonyl (C=O) groups is 1. The van der Waals surface area contributed by atoms with Crippen molar-refractivity contribution in [3.05, 3.63) is 53.9 Å². The average molecular weight is 269 g/mol. The van der Waals surface area contributed by atoms with Gasteiger partial charge in [-0.3, -0.25) is 4.79 Å². The molecule has 1 aromatic carbocycles. The van der Waals surface area contributed by atoms with Crippen LogP contribution in [-0.2, 0) is 6.54 Å². The van der Waals surface area contributed by atoms with Crippen LogP contribution in [0.25, 0.3) is 0 Å². The van der Waals surface area contributed by atoms with Gasteiger partial charge in [0.05, 0.1) is 12.2 Å². The lowest BCUT2D eigenvalue weighted by molar-refractivity contribution is 0.0728. The van der Waals surface area contributed by atoms with Gasteiger partial charge < -0.3 is 15.4 Å². The van der Waals surface area contributed by atoms with E-state index < -0.39 is 0 Å². The molecule has 20 heavy (non-hydrogen) atoms. The Balaban J connectivity index is 1.88. The summed E-state index contributed by atoms with van der Waals surface area (Å²) in [4.78, 5) is 18.3. The topological polar surface area (TPSA) is 68.5 Å². The Hall–Kier alpha value is -2.56. The van der Waals surface area contributed by atoms with E-state index >= 15 is 0 Å². The number of nitrogens with zero attached hydrogens (tertiary/aromatic N) is 2. The van der Waals surface area contributed by atoms with Crippen molar-refractivity contribution in [1.82, 2.24) is 9.88 Å². The van der Waals surface area contributed by atoms with Gasteiger partial charge in [0.25, 0.3) is 5.91 Å². The van der Waals surface area contributed by atoms with Crippen LogP contribution in [0.4, 0.5) is 5.69 Å². The predicted molar refractivity (Wildman–Crippen MR) is 75.3 cm³/mol. The maximum absolute atomic E-state index is 12.5. The molecule has 2 heterocycles. The smallest absolute Gasteiger partial charge is 0.275 e. The molecule has 0 saturated heterocycles. The first-order valence-electron chi connectivity index (χ1n) is 6.46. The first-order valence-corrected chi connectivity index (χ1v) is 6.46. The molecule has 1 amide bonds. The summed E-state index contributed by atoms with van der Waals surface area (Å²) in [6.07, 6.45) is 1.58. The zero-order valence-electron chi connectivity index (χ0n) is 11.0. The fraction of sp³-hybridized carbons (Fsp3) is 0.200. The van der Waals surface area contributed by atoms with Crippen LogP contribution in [0.2, 0.25) is 0 Å². The van der Waals surface area contributed by atoms with Crippen molar-refractivity contribution >= 4 is 11.6 Å². The molecule has 0 bridgehead atoms. The lowest BCUT2D eigenvalue weighted by atomic mass is 10.2.